The first-order valence-electron chi connectivity index (χ1n) is 12.9. The number of nitrogens with zero attached hydrogens (tertiary/aromatic N) is 3. The maximum atomic E-state index is 13.5. The molecule has 35 heavy (non-hydrogen) atoms. The zero-order chi connectivity index (χ0) is 24.4. The molecule has 5 rings (SSSR count). The number of aromatic amines is 1. The minimum Gasteiger partial charge on any atom is -0.369 e. The van der Waals surface area contributed by atoms with Gasteiger partial charge in [0.25, 0.3) is 5.91 Å². The number of nitrogens with one attached hydrogen (secondary N) is 2. The van der Waals surface area contributed by atoms with Crippen molar-refractivity contribution in [3.05, 3.63) is 66.0 Å². The average Bonchev–Trinajstić information content (AvgIpc) is 3.43. The topological polar surface area (TPSA) is 56.3 Å². The van der Waals surface area contributed by atoms with Gasteiger partial charge in [-0.3, -0.25) is 4.79 Å². The van der Waals surface area contributed by atoms with Gasteiger partial charge in [0.15, 0.2) is 0 Å². The number of carbonyl (C=O) groups excluding carboxylic acids is 1. The number of benzene rings is 2. The fourth-order valence-electron chi connectivity index (χ4n) is 5.30. The van der Waals surface area contributed by atoms with Crippen molar-refractivity contribution in [3.63, 3.8) is 0 Å². The van der Waals surface area contributed by atoms with Crippen molar-refractivity contribution in [1.29, 1.82) is 0 Å². The maximum Gasteiger partial charge on any atom is 0.268 e. The normalized spacial score (nSPS) is 15.7. The van der Waals surface area contributed by atoms with E-state index in [1.165, 1.54) is 16.6 Å². The number of H-pyrrole nitrogens is 1. The first-order valence-corrected chi connectivity index (χ1v) is 12.9. The Kier molecular flexibility index (Phi) is 6.82. The van der Waals surface area contributed by atoms with Crippen molar-refractivity contribution < 1.29 is 4.79 Å². The molecule has 1 unspecified atom stereocenters. The highest BCUT2D eigenvalue weighted by atomic mass is 16.2. The largest absolute Gasteiger partial charge is 0.369 e. The monoisotopic (exact) mass is 471 g/mol. The lowest BCUT2D eigenvalue weighted by Gasteiger charge is -2.34. The number of hydrogen-bond acceptors (Lipinski definition) is 3. The highest BCUT2D eigenvalue weighted by molar-refractivity contribution is 5.99. The first-order chi connectivity index (χ1) is 17.0. The molecule has 2 N–H and O–H groups in total. The number of piperazine rings is 1. The van der Waals surface area contributed by atoms with E-state index in [1.807, 2.05) is 23.7 Å². The summed E-state index contributed by atoms with van der Waals surface area (Å²) >= 11 is 0. The number of amides is 1. The Morgan fingerprint density at radius 3 is 2.66 bits per heavy atom. The number of aryl methyl sites for hydroxylation is 1. The second-order valence-corrected chi connectivity index (χ2v) is 10.00. The zero-order valence-corrected chi connectivity index (χ0v) is 21.2. The number of fused-ring (bicyclic) bond motifs is 2. The lowest BCUT2D eigenvalue weighted by atomic mass is 10.0. The fraction of sp³-hybridized carbons (Fsp3) is 0.414. The molecule has 2 aromatic heterocycles. The highest BCUT2D eigenvalue weighted by Gasteiger charge is 2.20. The average molecular weight is 472 g/mol. The van der Waals surface area contributed by atoms with Crippen molar-refractivity contribution in [3.8, 4) is 0 Å². The van der Waals surface area contributed by atoms with Gasteiger partial charge in [0.2, 0.25) is 0 Å². The van der Waals surface area contributed by atoms with Gasteiger partial charge >= 0.3 is 0 Å². The summed E-state index contributed by atoms with van der Waals surface area (Å²) in [6, 6.07) is 17.1. The molecule has 0 aliphatic carbocycles. The third-order valence-corrected chi connectivity index (χ3v) is 7.51. The van der Waals surface area contributed by atoms with Gasteiger partial charge in [-0.15, -0.1) is 0 Å². The molecule has 1 fully saturated rings. The van der Waals surface area contributed by atoms with Crippen LogP contribution in [0.1, 0.15) is 42.2 Å². The van der Waals surface area contributed by atoms with Crippen molar-refractivity contribution in [2.24, 2.45) is 7.05 Å². The molecule has 0 saturated carbocycles. The van der Waals surface area contributed by atoms with E-state index in [-0.39, 0.29) is 11.9 Å². The molecule has 1 aliphatic heterocycles. The molecular weight excluding hydrogens is 434 g/mol. The maximum absolute atomic E-state index is 13.5. The molecule has 3 heterocycles. The molecule has 0 bridgehead atoms. The van der Waals surface area contributed by atoms with Crippen LogP contribution in [0.25, 0.3) is 21.8 Å². The van der Waals surface area contributed by atoms with E-state index < -0.39 is 0 Å². The summed E-state index contributed by atoms with van der Waals surface area (Å²) in [5, 5.41) is 5.71. The molecule has 1 saturated heterocycles. The highest BCUT2D eigenvalue weighted by Crippen LogP contribution is 2.26. The fourth-order valence-corrected chi connectivity index (χ4v) is 5.30. The number of anilines is 1. The molecule has 4 aromatic rings. The lowest BCUT2D eigenvalue weighted by Crippen LogP contribution is -2.44. The van der Waals surface area contributed by atoms with Crippen molar-refractivity contribution in [1.82, 2.24) is 19.8 Å². The molecule has 1 amide bonds. The number of unbranched alkanes of at least 4 members (excludes halogenated alkanes) is 1. The minimum absolute atomic E-state index is 0.00536. The quantitative estimate of drug-likeness (QED) is 0.383. The molecule has 6 nitrogen and oxygen atoms in total. The van der Waals surface area contributed by atoms with Gasteiger partial charge in [0.1, 0.15) is 5.69 Å². The summed E-state index contributed by atoms with van der Waals surface area (Å²) in [6.45, 7) is 6.43. The Morgan fingerprint density at radius 1 is 1.06 bits per heavy atom. The number of hydrogen-bond donors (Lipinski definition) is 2. The van der Waals surface area contributed by atoms with Gasteiger partial charge in [0, 0.05) is 67.4 Å². The molecule has 1 atom stereocenters. The Bertz CT molecular complexity index is 1310. The van der Waals surface area contributed by atoms with Crippen LogP contribution in [0.2, 0.25) is 0 Å². The van der Waals surface area contributed by atoms with E-state index in [9.17, 15) is 4.79 Å². The number of rotatable bonds is 8. The van der Waals surface area contributed by atoms with Gasteiger partial charge in [-0.1, -0.05) is 44.0 Å². The molecule has 2 aromatic carbocycles. The molecule has 184 valence electrons. The van der Waals surface area contributed by atoms with Crippen LogP contribution < -0.4 is 10.2 Å². The van der Waals surface area contributed by atoms with Crippen LogP contribution in [0.5, 0.6) is 0 Å². The molecule has 0 radical (unpaired) electrons. The Balaban J connectivity index is 1.35. The predicted octanol–water partition coefficient (Wildman–Crippen LogP) is 4.94. The first kappa shape index (κ1) is 23.5. The van der Waals surface area contributed by atoms with E-state index in [0.29, 0.717) is 0 Å². The minimum atomic E-state index is 0.00536. The van der Waals surface area contributed by atoms with E-state index >= 15 is 0 Å². The van der Waals surface area contributed by atoms with Crippen LogP contribution >= 0.6 is 0 Å². The molecular formula is C29H37N5O. The Labute approximate surface area is 207 Å². The van der Waals surface area contributed by atoms with E-state index in [1.54, 1.807) is 0 Å². The van der Waals surface area contributed by atoms with Crippen molar-refractivity contribution in [2.75, 3.05) is 38.1 Å². The van der Waals surface area contributed by atoms with Crippen LogP contribution in [-0.2, 0) is 13.5 Å². The van der Waals surface area contributed by atoms with Crippen molar-refractivity contribution >= 4 is 33.4 Å². The summed E-state index contributed by atoms with van der Waals surface area (Å²) in [4.78, 5) is 21.6. The van der Waals surface area contributed by atoms with E-state index in [2.05, 4.69) is 76.7 Å². The number of carbonyl (C=O) groups is 1. The third kappa shape index (κ3) is 4.94. The Morgan fingerprint density at radius 2 is 1.86 bits per heavy atom. The van der Waals surface area contributed by atoms with Crippen LogP contribution in [-0.4, -0.2) is 59.6 Å². The van der Waals surface area contributed by atoms with Gasteiger partial charge in [-0.25, -0.2) is 0 Å². The second kappa shape index (κ2) is 10.2. The number of para-hydroxylation sites is 1. The van der Waals surface area contributed by atoms with Gasteiger partial charge < -0.3 is 24.7 Å². The zero-order valence-electron chi connectivity index (χ0n) is 21.2. The van der Waals surface area contributed by atoms with Gasteiger partial charge in [-0.05, 0) is 49.7 Å². The van der Waals surface area contributed by atoms with Crippen LogP contribution in [0.4, 0.5) is 5.69 Å². The van der Waals surface area contributed by atoms with Gasteiger partial charge in [-0.2, -0.15) is 0 Å². The third-order valence-electron chi connectivity index (χ3n) is 7.51. The summed E-state index contributed by atoms with van der Waals surface area (Å²) in [6.07, 6.45) is 6.10. The van der Waals surface area contributed by atoms with Crippen LogP contribution in [0.15, 0.2) is 54.7 Å². The number of likely N-dealkylation sites (N-methyl/N-ethyl adjacent to an activating group) is 1. The number of aromatic nitrogens is 2. The smallest absolute Gasteiger partial charge is 0.268 e. The summed E-state index contributed by atoms with van der Waals surface area (Å²) < 4.78 is 2.05. The van der Waals surface area contributed by atoms with E-state index in [0.717, 1.165) is 74.0 Å². The van der Waals surface area contributed by atoms with Crippen molar-refractivity contribution in [2.45, 2.75) is 38.6 Å². The molecule has 0 spiro atoms. The van der Waals surface area contributed by atoms with Crippen LogP contribution in [0, 0.1) is 0 Å². The standard InChI is InChI=1S/C29H37N5O/c1-4-5-8-23(17-22-20-30-26-10-7-6-9-25(22)26)31-29(35)28-18-21-11-12-24(19-27(21)33(28)3)34-15-13-32(2)14-16-34/h6-7,9-12,18-20,23,30H,4-5,8,13-17H2,1-3H3,(H,31,35). The summed E-state index contributed by atoms with van der Waals surface area (Å²) in [5.74, 6) is 0.00536. The Hall–Kier alpha value is -3.25. The SMILES string of the molecule is CCCCC(Cc1c[nH]c2ccccc12)NC(=O)c1cc2ccc(N3CCN(C)CC3)cc2n1C. The predicted molar refractivity (Wildman–Crippen MR) is 145 cm³/mol. The lowest BCUT2D eigenvalue weighted by molar-refractivity contribution is 0.0926. The summed E-state index contributed by atoms with van der Waals surface area (Å²) in [5.41, 5.74) is 5.46. The summed E-state index contributed by atoms with van der Waals surface area (Å²) in [7, 11) is 4.18. The van der Waals surface area contributed by atoms with E-state index in [4.69, 9.17) is 0 Å². The van der Waals surface area contributed by atoms with Gasteiger partial charge in [0.05, 0.1) is 5.52 Å². The second-order valence-electron chi connectivity index (χ2n) is 10.00. The van der Waals surface area contributed by atoms with Crippen LogP contribution in [0.3, 0.4) is 0 Å². The molecule has 1 aliphatic rings. The molecule has 6 heteroatoms.